The van der Waals surface area contributed by atoms with Gasteiger partial charge in [0.25, 0.3) is 5.91 Å². The lowest BCUT2D eigenvalue weighted by atomic mass is 10.1. The van der Waals surface area contributed by atoms with E-state index in [1.165, 1.54) is 0 Å². The third kappa shape index (κ3) is 3.94. The number of halogens is 1. The molecule has 1 aromatic rings. The molecule has 5 nitrogen and oxygen atoms in total. The Bertz CT molecular complexity index is 489. The average molecular weight is 284 g/mol. The van der Waals surface area contributed by atoms with Crippen LogP contribution < -0.4 is 11.1 Å². The molecule has 0 spiro atoms. The van der Waals surface area contributed by atoms with Gasteiger partial charge in [-0.15, -0.1) is 0 Å². The van der Waals surface area contributed by atoms with E-state index < -0.39 is 0 Å². The summed E-state index contributed by atoms with van der Waals surface area (Å²) in [5.74, 6) is -0.487. The number of hydrogen-bond acceptors (Lipinski definition) is 3. The molecular weight excluding hydrogens is 266 g/mol. The summed E-state index contributed by atoms with van der Waals surface area (Å²) in [6.45, 7) is 3.70. The molecule has 0 aliphatic heterocycles. The zero-order valence-corrected chi connectivity index (χ0v) is 12.0. The minimum absolute atomic E-state index is 0.0882. The lowest BCUT2D eigenvalue weighted by Gasteiger charge is -2.21. The van der Waals surface area contributed by atoms with Gasteiger partial charge in [0.2, 0.25) is 5.91 Å². The van der Waals surface area contributed by atoms with Crippen LogP contribution in [-0.4, -0.2) is 36.3 Å². The summed E-state index contributed by atoms with van der Waals surface area (Å²) in [5, 5.41) is 2.92. The Morgan fingerprint density at radius 3 is 2.58 bits per heavy atom. The SMILES string of the molecule is CC(C)N(C)C(=O)c1ccc(Cl)c(NC(=O)CN)c1. The maximum Gasteiger partial charge on any atom is 0.253 e. The molecule has 1 aromatic carbocycles. The van der Waals surface area contributed by atoms with Gasteiger partial charge in [-0.25, -0.2) is 0 Å². The lowest BCUT2D eigenvalue weighted by molar-refractivity contribution is -0.114. The fourth-order valence-corrected chi connectivity index (χ4v) is 1.56. The molecule has 6 heteroatoms. The van der Waals surface area contributed by atoms with Crippen molar-refractivity contribution in [3.8, 4) is 0 Å². The van der Waals surface area contributed by atoms with Gasteiger partial charge in [-0.3, -0.25) is 9.59 Å². The van der Waals surface area contributed by atoms with Gasteiger partial charge in [-0.05, 0) is 32.0 Å². The smallest absolute Gasteiger partial charge is 0.253 e. The van der Waals surface area contributed by atoms with Crippen LogP contribution in [0.15, 0.2) is 18.2 Å². The van der Waals surface area contributed by atoms with Gasteiger partial charge >= 0.3 is 0 Å². The third-order valence-corrected chi connectivity index (χ3v) is 3.10. The van der Waals surface area contributed by atoms with E-state index in [-0.39, 0.29) is 24.4 Å². The summed E-state index contributed by atoms with van der Waals surface area (Å²) in [6, 6.07) is 4.85. The fourth-order valence-electron chi connectivity index (χ4n) is 1.39. The first-order valence-electron chi connectivity index (χ1n) is 5.93. The van der Waals surface area contributed by atoms with Gasteiger partial charge < -0.3 is 16.0 Å². The van der Waals surface area contributed by atoms with Crippen LogP contribution in [0.2, 0.25) is 5.02 Å². The van der Waals surface area contributed by atoms with Gasteiger partial charge in [0.15, 0.2) is 0 Å². The number of amides is 2. The number of anilines is 1. The zero-order valence-electron chi connectivity index (χ0n) is 11.2. The van der Waals surface area contributed by atoms with Gasteiger partial charge in [-0.1, -0.05) is 11.6 Å². The quantitative estimate of drug-likeness (QED) is 0.883. The van der Waals surface area contributed by atoms with Crippen LogP contribution in [0.4, 0.5) is 5.69 Å². The number of nitrogens with one attached hydrogen (secondary N) is 1. The highest BCUT2D eigenvalue weighted by atomic mass is 35.5. The fraction of sp³-hybridized carbons (Fsp3) is 0.385. The van der Waals surface area contributed by atoms with Crippen LogP contribution in [-0.2, 0) is 4.79 Å². The van der Waals surface area contributed by atoms with Crippen molar-refractivity contribution in [3.63, 3.8) is 0 Å². The van der Waals surface area contributed by atoms with Crippen molar-refractivity contribution in [1.29, 1.82) is 0 Å². The summed E-state index contributed by atoms with van der Waals surface area (Å²) in [5.41, 5.74) is 6.08. The van der Waals surface area contributed by atoms with E-state index in [1.807, 2.05) is 13.8 Å². The molecule has 0 aliphatic rings. The minimum atomic E-state index is -0.358. The Hall–Kier alpha value is -1.59. The molecule has 0 radical (unpaired) electrons. The monoisotopic (exact) mass is 283 g/mol. The summed E-state index contributed by atoms with van der Waals surface area (Å²) in [4.78, 5) is 25.0. The number of nitrogens with two attached hydrogens (primary N) is 1. The maximum atomic E-state index is 12.2. The van der Waals surface area contributed by atoms with E-state index in [2.05, 4.69) is 5.32 Å². The van der Waals surface area contributed by atoms with E-state index in [0.29, 0.717) is 16.3 Å². The highest BCUT2D eigenvalue weighted by molar-refractivity contribution is 6.33. The molecular formula is C13H18ClN3O2. The molecule has 0 unspecified atom stereocenters. The highest BCUT2D eigenvalue weighted by Gasteiger charge is 2.16. The Kier molecular flexibility index (Phi) is 5.32. The van der Waals surface area contributed by atoms with Crippen LogP contribution in [0, 0.1) is 0 Å². The number of hydrogen-bond donors (Lipinski definition) is 2. The van der Waals surface area contributed by atoms with Gasteiger partial charge in [0.05, 0.1) is 17.3 Å². The molecule has 0 saturated carbocycles. The number of carbonyl (C=O) groups is 2. The molecule has 0 bridgehead atoms. The van der Waals surface area contributed by atoms with Crippen molar-refractivity contribution in [2.75, 3.05) is 18.9 Å². The van der Waals surface area contributed by atoms with E-state index in [0.717, 1.165) is 0 Å². The summed E-state index contributed by atoms with van der Waals surface area (Å²) in [6.07, 6.45) is 0. The van der Waals surface area contributed by atoms with Crippen molar-refractivity contribution in [2.24, 2.45) is 5.73 Å². The summed E-state index contributed by atoms with van der Waals surface area (Å²) >= 11 is 5.96. The van der Waals surface area contributed by atoms with E-state index in [4.69, 9.17) is 17.3 Å². The zero-order chi connectivity index (χ0) is 14.6. The van der Waals surface area contributed by atoms with Crippen LogP contribution in [0.1, 0.15) is 24.2 Å². The molecule has 0 saturated heterocycles. The average Bonchev–Trinajstić information content (AvgIpc) is 2.39. The predicted octanol–water partition coefficient (Wildman–Crippen LogP) is 1.72. The first-order valence-corrected chi connectivity index (χ1v) is 6.31. The molecule has 104 valence electrons. The normalized spacial score (nSPS) is 10.4. The molecule has 0 heterocycles. The third-order valence-electron chi connectivity index (χ3n) is 2.77. The van der Waals surface area contributed by atoms with E-state index >= 15 is 0 Å². The lowest BCUT2D eigenvalue weighted by Crippen LogP contribution is -2.33. The Labute approximate surface area is 117 Å². The first-order chi connectivity index (χ1) is 8.86. The topological polar surface area (TPSA) is 75.4 Å². The molecule has 3 N–H and O–H groups in total. The first kappa shape index (κ1) is 15.5. The van der Waals surface area contributed by atoms with Crippen LogP contribution in [0.3, 0.4) is 0 Å². The van der Waals surface area contributed by atoms with Gasteiger partial charge in [-0.2, -0.15) is 0 Å². The van der Waals surface area contributed by atoms with Crippen molar-refractivity contribution < 1.29 is 9.59 Å². The van der Waals surface area contributed by atoms with Gasteiger partial charge in [0.1, 0.15) is 0 Å². The Morgan fingerprint density at radius 2 is 2.05 bits per heavy atom. The molecule has 0 aliphatic carbocycles. The summed E-state index contributed by atoms with van der Waals surface area (Å²) < 4.78 is 0. The molecule has 2 amide bonds. The van der Waals surface area contributed by atoms with Crippen molar-refractivity contribution in [2.45, 2.75) is 19.9 Å². The second-order valence-electron chi connectivity index (χ2n) is 4.46. The van der Waals surface area contributed by atoms with Crippen molar-refractivity contribution in [1.82, 2.24) is 4.90 Å². The number of nitrogens with zero attached hydrogens (tertiary/aromatic N) is 1. The van der Waals surface area contributed by atoms with Gasteiger partial charge in [0, 0.05) is 18.7 Å². The number of carbonyl (C=O) groups excluding carboxylic acids is 2. The second kappa shape index (κ2) is 6.54. The van der Waals surface area contributed by atoms with Crippen LogP contribution in [0.5, 0.6) is 0 Å². The highest BCUT2D eigenvalue weighted by Crippen LogP contribution is 2.23. The molecule has 0 aromatic heterocycles. The van der Waals surface area contributed by atoms with Crippen molar-refractivity contribution in [3.05, 3.63) is 28.8 Å². The largest absolute Gasteiger partial charge is 0.339 e. The summed E-state index contributed by atoms with van der Waals surface area (Å²) in [7, 11) is 1.72. The maximum absolute atomic E-state index is 12.2. The number of rotatable bonds is 4. The minimum Gasteiger partial charge on any atom is -0.339 e. The van der Waals surface area contributed by atoms with Crippen molar-refractivity contribution >= 4 is 29.1 Å². The standard InChI is InChI=1S/C13H18ClN3O2/c1-8(2)17(3)13(19)9-4-5-10(14)11(6-9)16-12(18)7-15/h4-6,8H,7,15H2,1-3H3,(H,16,18). The Balaban J connectivity index is 3.02. The number of benzene rings is 1. The molecule has 0 atom stereocenters. The van der Waals surface area contributed by atoms with E-state index in [9.17, 15) is 9.59 Å². The molecule has 0 fully saturated rings. The molecule has 1 rings (SSSR count). The van der Waals surface area contributed by atoms with Crippen LogP contribution >= 0.6 is 11.6 Å². The van der Waals surface area contributed by atoms with Crippen LogP contribution in [0.25, 0.3) is 0 Å². The van der Waals surface area contributed by atoms with E-state index in [1.54, 1.807) is 30.1 Å². The molecule has 19 heavy (non-hydrogen) atoms. The predicted molar refractivity (Wildman–Crippen MR) is 76.4 cm³/mol. The second-order valence-corrected chi connectivity index (χ2v) is 4.86. The Morgan fingerprint density at radius 1 is 1.42 bits per heavy atom.